The highest BCUT2D eigenvalue weighted by atomic mass is 19.4. The molecule has 2 unspecified atom stereocenters. The number of aromatic carboxylic acids is 1. The van der Waals surface area contributed by atoms with E-state index in [1.54, 1.807) is 0 Å². The van der Waals surface area contributed by atoms with Crippen molar-refractivity contribution >= 4 is 11.7 Å². The van der Waals surface area contributed by atoms with Gasteiger partial charge in [0.2, 0.25) is 0 Å². The Balaban J connectivity index is 2.40. The van der Waals surface area contributed by atoms with Crippen molar-refractivity contribution in [3.63, 3.8) is 0 Å². The number of nitrogens with one attached hydrogen (secondary N) is 1. The Morgan fingerprint density at radius 3 is 2.21 bits per heavy atom. The lowest BCUT2D eigenvalue weighted by Gasteiger charge is -2.25. The number of carboxylic acids is 1. The number of hydrogen-bond donors (Lipinski definition) is 3. The van der Waals surface area contributed by atoms with Crippen molar-refractivity contribution in [1.82, 2.24) is 0 Å². The Kier molecular flexibility index (Phi) is 6.23. The van der Waals surface area contributed by atoms with Gasteiger partial charge < -0.3 is 15.5 Å². The third-order valence-corrected chi connectivity index (χ3v) is 3.90. The molecule has 0 aromatic heterocycles. The number of anilines is 1. The highest BCUT2D eigenvalue weighted by molar-refractivity contribution is 5.88. The first-order chi connectivity index (χ1) is 12.9. The molecule has 0 saturated heterocycles. The molecule has 2 aromatic rings. The lowest BCUT2D eigenvalue weighted by Crippen LogP contribution is -2.32. The molecule has 0 radical (unpaired) electrons. The van der Waals surface area contributed by atoms with Gasteiger partial charge in [0, 0.05) is 12.1 Å². The molecule has 0 spiro atoms. The van der Waals surface area contributed by atoms with Crippen LogP contribution in [0.5, 0.6) is 0 Å². The first-order valence-electron chi connectivity index (χ1n) is 7.90. The summed E-state index contributed by atoms with van der Waals surface area (Å²) < 4.78 is 77.1. The highest BCUT2D eigenvalue weighted by Crippen LogP contribution is 2.34. The topological polar surface area (TPSA) is 69.6 Å². The summed E-state index contributed by atoms with van der Waals surface area (Å²) in [6, 6.07) is 7.39. The standard InChI is InChI=1S/C18H15F6NO3/c19-17(20,21)12-5-1-3-10(7-12)14(9-15(26)18(22,23)24)25-13-6-2-4-11(8-13)16(27)28/h1-8,14-15,25-26H,9H2,(H,27,28). The summed E-state index contributed by atoms with van der Waals surface area (Å²) in [6.45, 7) is 0. The van der Waals surface area contributed by atoms with E-state index < -0.39 is 42.5 Å². The van der Waals surface area contributed by atoms with E-state index in [1.807, 2.05) is 0 Å². The van der Waals surface area contributed by atoms with E-state index in [0.29, 0.717) is 6.07 Å². The number of carboxylic acid groups (broad SMARTS) is 1. The average molecular weight is 407 g/mol. The number of carbonyl (C=O) groups is 1. The summed E-state index contributed by atoms with van der Waals surface area (Å²) in [5.74, 6) is -1.28. The van der Waals surface area contributed by atoms with E-state index in [4.69, 9.17) is 5.11 Å². The molecular formula is C18H15F6NO3. The monoisotopic (exact) mass is 407 g/mol. The fourth-order valence-electron chi connectivity index (χ4n) is 2.51. The highest BCUT2D eigenvalue weighted by Gasteiger charge is 2.40. The summed E-state index contributed by atoms with van der Waals surface area (Å²) in [6.07, 6.45) is -13.4. The molecule has 0 aliphatic heterocycles. The Bertz CT molecular complexity index is 835. The van der Waals surface area contributed by atoms with Crippen LogP contribution in [0.4, 0.5) is 32.0 Å². The quantitative estimate of drug-likeness (QED) is 0.598. The van der Waals surface area contributed by atoms with Gasteiger partial charge in [0.1, 0.15) is 0 Å². The Labute approximate surface area is 155 Å². The molecule has 2 aromatic carbocycles. The van der Waals surface area contributed by atoms with Crippen LogP contribution in [0.3, 0.4) is 0 Å². The van der Waals surface area contributed by atoms with E-state index in [0.717, 1.165) is 18.2 Å². The number of halogens is 6. The molecule has 0 aliphatic rings. The fourth-order valence-corrected chi connectivity index (χ4v) is 2.51. The molecule has 3 N–H and O–H groups in total. The van der Waals surface area contributed by atoms with E-state index in [2.05, 4.69) is 5.32 Å². The van der Waals surface area contributed by atoms with Crippen LogP contribution < -0.4 is 5.32 Å². The van der Waals surface area contributed by atoms with E-state index in [1.165, 1.54) is 24.3 Å². The molecule has 0 heterocycles. The van der Waals surface area contributed by atoms with Crippen LogP contribution in [0.25, 0.3) is 0 Å². The minimum absolute atomic E-state index is 0.0803. The molecule has 0 bridgehead atoms. The van der Waals surface area contributed by atoms with Crippen LogP contribution in [0.2, 0.25) is 0 Å². The smallest absolute Gasteiger partial charge is 0.416 e. The van der Waals surface area contributed by atoms with Crippen LogP contribution in [0.15, 0.2) is 48.5 Å². The number of alkyl halides is 6. The second kappa shape index (κ2) is 8.09. The minimum atomic E-state index is -4.97. The minimum Gasteiger partial charge on any atom is -0.478 e. The SMILES string of the molecule is O=C(O)c1cccc(NC(CC(O)C(F)(F)F)c2cccc(C(F)(F)F)c2)c1. The molecule has 10 heteroatoms. The molecular weight excluding hydrogens is 392 g/mol. The van der Waals surface area contributed by atoms with Crippen molar-refractivity contribution in [2.75, 3.05) is 5.32 Å². The van der Waals surface area contributed by atoms with Gasteiger partial charge in [-0.05, 0) is 35.9 Å². The molecule has 2 rings (SSSR count). The van der Waals surface area contributed by atoms with Crippen molar-refractivity contribution in [3.05, 3.63) is 65.2 Å². The zero-order valence-corrected chi connectivity index (χ0v) is 14.1. The number of aliphatic hydroxyl groups is 1. The third-order valence-electron chi connectivity index (χ3n) is 3.90. The second-order valence-electron chi connectivity index (χ2n) is 6.00. The maximum atomic E-state index is 12.9. The van der Waals surface area contributed by atoms with Gasteiger partial charge in [-0.1, -0.05) is 18.2 Å². The summed E-state index contributed by atoms with van der Waals surface area (Å²) >= 11 is 0. The van der Waals surface area contributed by atoms with Gasteiger partial charge >= 0.3 is 18.3 Å². The first-order valence-corrected chi connectivity index (χ1v) is 7.90. The zero-order chi connectivity index (χ0) is 21.1. The number of aliphatic hydroxyl groups excluding tert-OH is 1. The fraction of sp³-hybridized carbons (Fsp3) is 0.278. The maximum absolute atomic E-state index is 12.9. The van der Waals surface area contributed by atoms with E-state index in [9.17, 15) is 36.2 Å². The molecule has 0 saturated carbocycles. The predicted octanol–water partition coefficient (Wildman–Crippen LogP) is 4.87. The number of rotatable bonds is 6. The van der Waals surface area contributed by atoms with E-state index >= 15 is 0 Å². The van der Waals surface area contributed by atoms with Crippen LogP contribution in [0, 0.1) is 0 Å². The second-order valence-corrected chi connectivity index (χ2v) is 6.00. The van der Waals surface area contributed by atoms with Crippen LogP contribution in [-0.4, -0.2) is 28.5 Å². The Morgan fingerprint density at radius 1 is 1.00 bits per heavy atom. The van der Waals surface area contributed by atoms with Crippen molar-refractivity contribution < 1.29 is 41.4 Å². The van der Waals surface area contributed by atoms with Crippen molar-refractivity contribution in [1.29, 1.82) is 0 Å². The van der Waals surface area contributed by atoms with Gasteiger partial charge in [0.15, 0.2) is 6.10 Å². The van der Waals surface area contributed by atoms with E-state index in [-0.39, 0.29) is 16.8 Å². The molecule has 152 valence electrons. The van der Waals surface area contributed by atoms with Crippen LogP contribution in [0.1, 0.15) is 33.9 Å². The average Bonchev–Trinajstić information content (AvgIpc) is 2.60. The Morgan fingerprint density at radius 2 is 1.64 bits per heavy atom. The summed E-state index contributed by atoms with van der Waals surface area (Å²) in [7, 11) is 0. The summed E-state index contributed by atoms with van der Waals surface area (Å²) in [5, 5.41) is 21.0. The molecule has 0 fully saturated rings. The molecule has 28 heavy (non-hydrogen) atoms. The van der Waals surface area contributed by atoms with Crippen molar-refractivity contribution in [3.8, 4) is 0 Å². The van der Waals surface area contributed by atoms with Gasteiger partial charge in [-0.15, -0.1) is 0 Å². The lowest BCUT2D eigenvalue weighted by atomic mass is 9.97. The molecule has 0 aliphatic carbocycles. The zero-order valence-electron chi connectivity index (χ0n) is 14.1. The Hall–Kier alpha value is -2.75. The number of benzene rings is 2. The van der Waals surface area contributed by atoms with Gasteiger partial charge in [-0.2, -0.15) is 26.3 Å². The normalized spacial score (nSPS) is 14.4. The van der Waals surface area contributed by atoms with Crippen molar-refractivity contribution in [2.24, 2.45) is 0 Å². The van der Waals surface area contributed by atoms with Gasteiger partial charge in [0.05, 0.1) is 17.2 Å². The van der Waals surface area contributed by atoms with Crippen molar-refractivity contribution in [2.45, 2.75) is 30.9 Å². The lowest BCUT2D eigenvalue weighted by molar-refractivity contribution is -0.206. The van der Waals surface area contributed by atoms with Gasteiger partial charge in [-0.25, -0.2) is 4.79 Å². The van der Waals surface area contributed by atoms with Crippen LogP contribution in [-0.2, 0) is 6.18 Å². The molecule has 0 amide bonds. The van der Waals surface area contributed by atoms with Gasteiger partial charge in [-0.3, -0.25) is 0 Å². The molecule has 2 atom stereocenters. The number of hydrogen-bond acceptors (Lipinski definition) is 3. The maximum Gasteiger partial charge on any atom is 0.416 e. The summed E-state index contributed by atoms with van der Waals surface area (Å²) in [4.78, 5) is 11.0. The predicted molar refractivity (Wildman–Crippen MR) is 87.9 cm³/mol. The van der Waals surface area contributed by atoms with Crippen LogP contribution >= 0.6 is 0 Å². The van der Waals surface area contributed by atoms with Gasteiger partial charge in [0.25, 0.3) is 0 Å². The summed E-state index contributed by atoms with van der Waals surface area (Å²) in [5.41, 5.74) is -1.28. The largest absolute Gasteiger partial charge is 0.478 e. The molecule has 4 nitrogen and oxygen atoms in total. The third kappa shape index (κ3) is 5.62. The first kappa shape index (κ1) is 21.5.